The Morgan fingerprint density at radius 3 is 2.81 bits per heavy atom. The van der Waals surface area contributed by atoms with E-state index in [0.717, 1.165) is 94.5 Å². The Hall–Kier alpha value is -1.30. The van der Waals surface area contributed by atoms with Crippen molar-refractivity contribution < 1.29 is 19.3 Å². The van der Waals surface area contributed by atoms with E-state index in [1.807, 2.05) is 18.2 Å². The highest BCUT2D eigenvalue weighted by atomic mass is 16.7. The first-order valence-electron chi connectivity index (χ1n) is 10.6. The topological polar surface area (TPSA) is 60.0 Å². The third-order valence-corrected chi connectivity index (χ3v) is 6.52. The fourth-order valence-corrected chi connectivity index (χ4v) is 5.03. The van der Waals surface area contributed by atoms with Crippen LogP contribution in [0.5, 0.6) is 11.5 Å². The fraction of sp³-hybridized carbons (Fsp3) is 0.727. The highest BCUT2D eigenvalue weighted by Crippen LogP contribution is 2.52. The number of nitrogens with one attached hydrogen (secondary N) is 1. The van der Waals surface area contributed by atoms with Gasteiger partial charge in [0.1, 0.15) is 0 Å². The number of para-hydroxylation sites is 1. The van der Waals surface area contributed by atoms with Gasteiger partial charge < -0.3 is 24.6 Å². The van der Waals surface area contributed by atoms with Crippen LogP contribution < -0.4 is 14.8 Å². The van der Waals surface area contributed by atoms with Gasteiger partial charge in [0.2, 0.25) is 0 Å². The summed E-state index contributed by atoms with van der Waals surface area (Å²) in [5, 5.41) is 15.5. The number of methoxy groups -OCH3 is 1. The molecule has 0 amide bonds. The van der Waals surface area contributed by atoms with Crippen molar-refractivity contribution in [1.29, 1.82) is 0 Å². The number of fused-ring (bicyclic) bond motifs is 1. The largest absolute Gasteiger partial charge is 0.448 e. The second kappa shape index (κ2) is 7.98. The minimum Gasteiger partial charge on any atom is -0.448 e. The van der Waals surface area contributed by atoms with Gasteiger partial charge in [-0.3, -0.25) is 0 Å². The van der Waals surface area contributed by atoms with Crippen molar-refractivity contribution in [2.45, 2.75) is 69.2 Å². The van der Waals surface area contributed by atoms with E-state index in [9.17, 15) is 5.11 Å². The summed E-state index contributed by atoms with van der Waals surface area (Å²) in [5.74, 6) is 1.26. The maximum atomic E-state index is 12.0. The van der Waals surface area contributed by atoms with Gasteiger partial charge in [-0.25, -0.2) is 0 Å². The third kappa shape index (κ3) is 3.69. The Bertz CT molecular complexity index is 637. The lowest BCUT2D eigenvalue weighted by molar-refractivity contribution is -0.0777. The van der Waals surface area contributed by atoms with Gasteiger partial charge in [0.25, 0.3) is 5.79 Å². The molecule has 1 aliphatic carbocycles. The molecule has 2 fully saturated rings. The van der Waals surface area contributed by atoms with Crippen molar-refractivity contribution >= 4 is 0 Å². The molecule has 0 aromatic heterocycles. The standard InChI is InChI=1S/C22H33NO4/c1-25-15-5-4-13-22(24,17-8-7-14-23-16-17)18-9-6-10-19-20(18)27-21(26-19)11-2-3-12-21/h6,9-10,17,23-24H,2-5,7-8,11-16H2,1H3/t17-,22+/m1/s1. The molecule has 3 aliphatic rings. The van der Waals surface area contributed by atoms with E-state index in [1.54, 1.807) is 7.11 Å². The van der Waals surface area contributed by atoms with Crippen molar-refractivity contribution in [3.05, 3.63) is 23.8 Å². The number of piperidine rings is 1. The van der Waals surface area contributed by atoms with Crippen LogP contribution in [0.15, 0.2) is 18.2 Å². The Morgan fingerprint density at radius 1 is 1.22 bits per heavy atom. The smallest absolute Gasteiger partial charge is 0.251 e. The first kappa shape index (κ1) is 19.0. The average Bonchev–Trinajstić information content (AvgIpc) is 3.31. The van der Waals surface area contributed by atoms with Crippen molar-refractivity contribution in [3.8, 4) is 11.5 Å². The molecule has 1 saturated carbocycles. The molecule has 27 heavy (non-hydrogen) atoms. The molecule has 2 N–H and O–H groups in total. The summed E-state index contributed by atoms with van der Waals surface area (Å²) in [4.78, 5) is 0. The van der Waals surface area contributed by atoms with Crippen LogP contribution >= 0.6 is 0 Å². The average molecular weight is 376 g/mol. The fourth-order valence-electron chi connectivity index (χ4n) is 5.03. The number of ether oxygens (including phenoxy) is 3. The van der Waals surface area contributed by atoms with Gasteiger partial charge in [0.05, 0.1) is 5.60 Å². The molecule has 5 nitrogen and oxygen atoms in total. The summed E-state index contributed by atoms with van der Waals surface area (Å²) in [5.41, 5.74) is 0.00916. The monoisotopic (exact) mass is 375 g/mol. The molecule has 0 bridgehead atoms. The van der Waals surface area contributed by atoms with E-state index < -0.39 is 11.4 Å². The molecule has 1 spiro atoms. The molecule has 1 aromatic rings. The van der Waals surface area contributed by atoms with E-state index >= 15 is 0 Å². The number of hydrogen-bond donors (Lipinski definition) is 2. The van der Waals surface area contributed by atoms with E-state index in [4.69, 9.17) is 14.2 Å². The van der Waals surface area contributed by atoms with Crippen LogP contribution in [-0.4, -0.2) is 37.7 Å². The molecule has 1 saturated heterocycles. The predicted molar refractivity (Wildman–Crippen MR) is 104 cm³/mol. The summed E-state index contributed by atoms with van der Waals surface area (Å²) in [6.45, 7) is 2.61. The number of aliphatic hydroxyl groups is 1. The molecule has 2 atom stereocenters. The Balaban J connectivity index is 1.63. The maximum Gasteiger partial charge on any atom is 0.251 e. The zero-order chi connectivity index (χ0) is 18.7. The molecule has 150 valence electrons. The van der Waals surface area contributed by atoms with Crippen molar-refractivity contribution in [3.63, 3.8) is 0 Å². The van der Waals surface area contributed by atoms with Crippen LogP contribution in [0.1, 0.15) is 63.4 Å². The second-order valence-corrected chi connectivity index (χ2v) is 8.37. The van der Waals surface area contributed by atoms with Gasteiger partial charge in [-0.15, -0.1) is 0 Å². The highest BCUT2D eigenvalue weighted by molar-refractivity contribution is 5.52. The number of rotatable bonds is 7. The molecule has 0 radical (unpaired) electrons. The second-order valence-electron chi connectivity index (χ2n) is 8.37. The lowest BCUT2D eigenvalue weighted by atomic mass is 9.74. The molecule has 5 heteroatoms. The minimum absolute atomic E-state index is 0.184. The Morgan fingerprint density at radius 2 is 2.07 bits per heavy atom. The maximum absolute atomic E-state index is 12.0. The van der Waals surface area contributed by atoms with Gasteiger partial charge >= 0.3 is 0 Å². The number of hydrogen-bond acceptors (Lipinski definition) is 5. The molecule has 4 rings (SSSR count). The van der Waals surface area contributed by atoms with Crippen LogP contribution in [0.3, 0.4) is 0 Å². The van der Waals surface area contributed by atoms with Crippen molar-refractivity contribution in [2.24, 2.45) is 5.92 Å². The molecule has 2 heterocycles. The van der Waals surface area contributed by atoms with Gasteiger partial charge in [0.15, 0.2) is 11.5 Å². The molecular weight excluding hydrogens is 342 g/mol. The van der Waals surface area contributed by atoms with Gasteiger partial charge in [-0.1, -0.05) is 12.1 Å². The Kier molecular flexibility index (Phi) is 5.62. The van der Waals surface area contributed by atoms with E-state index in [-0.39, 0.29) is 5.92 Å². The normalized spacial score (nSPS) is 25.6. The SMILES string of the molecule is COCCCC[C@@](O)(c1cccc2c1OC1(CCCC1)O2)[C@@H]1CCCNC1. The van der Waals surface area contributed by atoms with E-state index in [2.05, 4.69) is 5.32 Å². The quantitative estimate of drug-likeness (QED) is 0.711. The minimum atomic E-state index is -0.903. The first-order chi connectivity index (χ1) is 13.2. The molecule has 2 aliphatic heterocycles. The number of unbranched alkanes of at least 4 members (excludes halogenated alkanes) is 1. The van der Waals surface area contributed by atoms with E-state index in [1.165, 1.54) is 0 Å². The predicted octanol–water partition coefficient (Wildman–Crippen LogP) is 3.73. The molecule has 0 unspecified atom stereocenters. The van der Waals surface area contributed by atoms with Crippen LogP contribution in [0.2, 0.25) is 0 Å². The van der Waals surface area contributed by atoms with Gasteiger partial charge in [-0.05, 0) is 57.6 Å². The summed E-state index contributed by atoms with van der Waals surface area (Å²) >= 11 is 0. The Labute approximate surface area is 162 Å². The van der Waals surface area contributed by atoms with Crippen LogP contribution in [-0.2, 0) is 10.3 Å². The zero-order valence-corrected chi connectivity index (χ0v) is 16.5. The van der Waals surface area contributed by atoms with Crippen molar-refractivity contribution in [2.75, 3.05) is 26.8 Å². The summed E-state index contributed by atoms with van der Waals surface area (Å²) in [6, 6.07) is 6.03. The molecule has 1 aromatic carbocycles. The summed E-state index contributed by atoms with van der Waals surface area (Å²) in [6.07, 6.45) is 8.86. The lowest BCUT2D eigenvalue weighted by Gasteiger charge is -2.40. The molecular formula is C22H33NO4. The number of benzene rings is 1. The zero-order valence-electron chi connectivity index (χ0n) is 16.5. The van der Waals surface area contributed by atoms with Crippen molar-refractivity contribution in [1.82, 2.24) is 5.32 Å². The van der Waals surface area contributed by atoms with Crippen LogP contribution in [0, 0.1) is 5.92 Å². The first-order valence-corrected chi connectivity index (χ1v) is 10.6. The third-order valence-electron chi connectivity index (χ3n) is 6.52. The summed E-state index contributed by atoms with van der Waals surface area (Å²) in [7, 11) is 1.73. The van der Waals surface area contributed by atoms with E-state index in [0.29, 0.717) is 0 Å². The summed E-state index contributed by atoms with van der Waals surface area (Å²) < 4.78 is 17.9. The van der Waals surface area contributed by atoms with Crippen LogP contribution in [0.4, 0.5) is 0 Å². The highest BCUT2D eigenvalue weighted by Gasteiger charge is 2.48. The van der Waals surface area contributed by atoms with Gasteiger partial charge in [0, 0.05) is 44.6 Å². The lowest BCUT2D eigenvalue weighted by Crippen LogP contribution is -2.44. The van der Waals surface area contributed by atoms with Crippen LogP contribution in [0.25, 0.3) is 0 Å². The van der Waals surface area contributed by atoms with Gasteiger partial charge in [-0.2, -0.15) is 0 Å².